The maximum atomic E-state index is 11.5. The van der Waals surface area contributed by atoms with Crippen molar-refractivity contribution in [3.05, 3.63) is 29.8 Å². The van der Waals surface area contributed by atoms with Crippen LogP contribution in [0, 0.1) is 0 Å². The largest absolute Gasteiger partial charge is 0.468 e. The van der Waals surface area contributed by atoms with Crippen LogP contribution in [0.4, 0.5) is 5.69 Å². The number of nitrogens with zero attached hydrogens (tertiary/aromatic N) is 1. The molecule has 0 bridgehead atoms. The number of benzene rings is 1. The minimum Gasteiger partial charge on any atom is -0.468 e. The van der Waals surface area contributed by atoms with E-state index in [2.05, 4.69) is 9.64 Å². The topological polar surface area (TPSA) is 75.8 Å². The molecule has 1 heterocycles. The van der Waals surface area contributed by atoms with Gasteiger partial charge in [-0.3, -0.25) is 4.79 Å². The molecule has 0 radical (unpaired) electrons. The molecule has 21 heavy (non-hydrogen) atoms. The zero-order chi connectivity index (χ0) is 14.5. The number of anilines is 1. The van der Waals surface area contributed by atoms with Gasteiger partial charge >= 0.3 is 5.97 Å². The number of halogens is 1. The van der Waals surface area contributed by atoms with Crippen LogP contribution in [-0.2, 0) is 16.0 Å². The first-order valence-electron chi connectivity index (χ1n) is 6.96. The van der Waals surface area contributed by atoms with Gasteiger partial charge in [-0.15, -0.1) is 12.4 Å². The third kappa shape index (κ3) is 4.59. The second kappa shape index (κ2) is 8.22. The third-order valence-electron chi connectivity index (χ3n) is 3.74. The number of ether oxygens (including phenoxy) is 1. The summed E-state index contributed by atoms with van der Waals surface area (Å²) >= 11 is 0. The van der Waals surface area contributed by atoms with Crippen molar-refractivity contribution in [1.29, 1.82) is 0 Å². The first-order chi connectivity index (χ1) is 9.61. The molecular formula is C15H23ClN2O3. The Balaban J connectivity index is 0.00000220. The van der Waals surface area contributed by atoms with Gasteiger partial charge in [0.1, 0.15) is 6.04 Å². The molecule has 1 atom stereocenters. The summed E-state index contributed by atoms with van der Waals surface area (Å²) in [5.41, 5.74) is 7.99. The van der Waals surface area contributed by atoms with Gasteiger partial charge in [-0.2, -0.15) is 0 Å². The van der Waals surface area contributed by atoms with Gasteiger partial charge < -0.3 is 20.5 Å². The van der Waals surface area contributed by atoms with E-state index in [4.69, 9.17) is 5.73 Å². The van der Waals surface area contributed by atoms with Gasteiger partial charge in [0.25, 0.3) is 0 Å². The SMILES string of the molecule is COC(=O)C(N)Cc1ccccc1N1CCC(O)CC1.Cl. The number of hydrogen-bond donors (Lipinski definition) is 2. The zero-order valence-corrected chi connectivity index (χ0v) is 13.0. The molecule has 118 valence electrons. The maximum Gasteiger partial charge on any atom is 0.322 e. The van der Waals surface area contributed by atoms with Crippen LogP contribution >= 0.6 is 12.4 Å². The lowest BCUT2D eigenvalue weighted by Crippen LogP contribution is -2.38. The van der Waals surface area contributed by atoms with E-state index in [0.717, 1.165) is 37.2 Å². The number of carbonyl (C=O) groups is 1. The molecule has 2 rings (SSSR count). The number of para-hydroxylation sites is 1. The van der Waals surface area contributed by atoms with E-state index in [-0.39, 0.29) is 18.5 Å². The highest BCUT2D eigenvalue weighted by Gasteiger charge is 2.21. The number of rotatable bonds is 4. The zero-order valence-electron chi connectivity index (χ0n) is 12.2. The van der Waals surface area contributed by atoms with Gasteiger partial charge in [0.05, 0.1) is 13.2 Å². The molecule has 6 heteroatoms. The quantitative estimate of drug-likeness (QED) is 0.814. The molecule has 0 amide bonds. The minimum absolute atomic E-state index is 0. The molecule has 0 saturated carbocycles. The molecular weight excluding hydrogens is 292 g/mol. The van der Waals surface area contributed by atoms with Crippen LogP contribution in [0.3, 0.4) is 0 Å². The minimum atomic E-state index is -0.642. The monoisotopic (exact) mass is 314 g/mol. The third-order valence-corrected chi connectivity index (χ3v) is 3.74. The van der Waals surface area contributed by atoms with Crippen LogP contribution in [0.1, 0.15) is 18.4 Å². The van der Waals surface area contributed by atoms with Crippen LogP contribution in [-0.4, -0.2) is 43.4 Å². The van der Waals surface area contributed by atoms with Gasteiger partial charge in [0, 0.05) is 25.2 Å². The van der Waals surface area contributed by atoms with Crippen molar-refractivity contribution in [2.45, 2.75) is 31.4 Å². The summed E-state index contributed by atoms with van der Waals surface area (Å²) in [6, 6.07) is 7.31. The highest BCUT2D eigenvalue weighted by Crippen LogP contribution is 2.25. The van der Waals surface area contributed by atoms with E-state index < -0.39 is 12.0 Å². The fraction of sp³-hybridized carbons (Fsp3) is 0.533. The highest BCUT2D eigenvalue weighted by atomic mass is 35.5. The molecule has 0 spiro atoms. The Kier molecular flexibility index (Phi) is 6.95. The number of esters is 1. The van der Waals surface area contributed by atoms with Crippen LogP contribution in [0.5, 0.6) is 0 Å². The van der Waals surface area contributed by atoms with Crippen molar-refractivity contribution in [2.75, 3.05) is 25.1 Å². The molecule has 1 saturated heterocycles. The lowest BCUT2D eigenvalue weighted by Gasteiger charge is -2.33. The number of carbonyl (C=O) groups excluding carboxylic acids is 1. The van der Waals surface area contributed by atoms with Crippen molar-refractivity contribution in [2.24, 2.45) is 5.73 Å². The average Bonchev–Trinajstić information content (AvgIpc) is 2.48. The number of methoxy groups -OCH3 is 1. The van der Waals surface area contributed by atoms with Crippen LogP contribution in [0.25, 0.3) is 0 Å². The van der Waals surface area contributed by atoms with E-state index in [1.54, 1.807) is 0 Å². The first kappa shape index (κ1) is 17.8. The second-order valence-electron chi connectivity index (χ2n) is 5.18. The number of hydrogen-bond acceptors (Lipinski definition) is 5. The van der Waals surface area contributed by atoms with Crippen molar-refractivity contribution in [1.82, 2.24) is 0 Å². The normalized spacial score (nSPS) is 17.0. The van der Waals surface area contributed by atoms with E-state index in [0.29, 0.717) is 6.42 Å². The molecule has 1 aromatic rings. The fourth-order valence-corrected chi connectivity index (χ4v) is 2.57. The van der Waals surface area contributed by atoms with Crippen molar-refractivity contribution in [3.63, 3.8) is 0 Å². The Morgan fingerprint density at radius 2 is 2.05 bits per heavy atom. The van der Waals surface area contributed by atoms with Crippen LogP contribution in [0.2, 0.25) is 0 Å². The average molecular weight is 315 g/mol. The molecule has 1 aliphatic rings. The Morgan fingerprint density at radius 1 is 1.43 bits per heavy atom. The van der Waals surface area contributed by atoms with E-state index in [1.807, 2.05) is 24.3 Å². The molecule has 1 aromatic carbocycles. The standard InChI is InChI=1S/C15H22N2O3.ClH/c1-20-15(19)13(16)10-11-4-2-3-5-14(11)17-8-6-12(18)7-9-17;/h2-5,12-13,18H,6-10,16H2,1H3;1H. The van der Waals surface area contributed by atoms with Gasteiger partial charge in [-0.25, -0.2) is 0 Å². The maximum absolute atomic E-state index is 11.5. The lowest BCUT2D eigenvalue weighted by molar-refractivity contribution is -0.142. The summed E-state index contributed by atoms with van der Waals surface area (Å²) in [5.74, 6) is -0.395. The van der Waals surface area contributed by atoms with E-state index >= 15 is 0 Å². The summed E-state index contributed by atoms with van der Waals surface area (Å²) in [6.07, 6.45) is 1.81. The summed E-state index contributed by atoms with van der Waals surface area (Å²) in [6.45, 7) is 1.65. The summed E-state index contributed by atoms with van der Waals surface area (Å²) < 4.78 is 4.67. The van der Waals surface area contributed by atoms with Crippen molar-refractivity contribution < 1.29 is 14.6 Å². The van der Waals surface area contributed by atoms with Crippen LogP contribution < -0.4 is 10.6 Å². The predicted molar refractivity (Wildman–Crippen MR) is 84.8 cm³/mol. The Hall–Kier alpha value is -1.30. The Bertz CT molecular complexity index is 462. The van der Waals surface area contributed by atoms with Crippen LogP contribution in [0.15, 0.2) is 24.3 Å². The number of aliphatic hydroxyl groups excluding tert-OH is 1. The molecule has 1 aliphatic heterocycles. The Morgan fingerprint density at radius 3 is 2.67 bits per heavy atom. The van der Waals surface area contributed by atoms with Gasteiger partial charge in [0.15, 0.2) is 0 Å². The fourth-order valence-electron chi connectivity index (χ4n) is 2.57. The molecule has 1 unspecified atom stereocenters. The van der Waals surface area contributed by atoms with E-state index in [9.17, 15) is 9.90 Å². The summed E-state index contributed by atoms with van der Waals surface area (Å²) in [4.78, 5) is 13.7. The smallest absolute Gasteiger partial charge is 0.322 e. The summed E-state index contributed by atoms with van der Waals surface area (Å²) in [7, 11) is 1.35. The molecule has 3 N–H and O–H groups in total. The Labute approximate surface area is 131 Å². The highest BCUT2D eigenvalue weighted by molar-refractivity contribution is 5.85. The molecule has 5 nitrogen and oxygen atoms in total. The molecule has 0 aliphatic carbocycles. The number of piperidine rings is 1. The first-order valence-corrected chi connectivity index (χ1v) is 6.96. The summed E-state index contributed by atoms with van der Waals surface area (Å²) in [5, 5.41) is 9.59. The van der Waals surface area contributed by atoms with Crippen molar-refractivity contribution >= 4 is 24.1 Å². The molecule has 0 aromatic heterocycles. The van der Waals surface area contributed by atoms with E-state index in [1.165, 1.54) is 7.11 Å². The molecule has 1 fully saturated rings. The van der Waals surface area contributed by atoms with Gasteiger partial charge in [-0.1, -0.05) is 18.2 Å². The van der Waals surface area contributed by atoms with Crippen molar-refractivity contribution in [3.8, 4) is 0 Å². The van der Waals surface area contributed by atoms with Gasteiger partial charge in [0.2, 0.25) is 0 Å². The second-order valence-corrected chi connectivity index (χ2v) is 5.18. The lowest BCUT2D eigenvalue weighted by atomic mass is 10.0. The van der Waals surface area contributed by atoms with Gasteiger partial charge in [-0.05, 0) is 24.5 Å². The number of nitrogens with two attached hydrogens (primary N) is 1. The number of aliphatic hydroxyl groups is 1. The predicted octanol–water partition coefficient (Wildman–Crippen LogP) is 1.11.